The van der Waals surface area contributed by atoms with Gasteiger partial charge in [0, 0.05) is 49.9 Å². The van der Waals surface area contributed by atoms with Crippen LogP contribution in [0.2, 0.25) is 0 Å². The number of piperidine rings is 4. The topological polar surface area (TPSA) is 144 Å². The molecule has 40 heavy (non-hydrogen) atoms. The number of rotatable bonds is 0. The third kappa shape index (κ3) is 4.33. The molecule has 16 atom stereocenters. The van der Waals surface area contributed by atoms with Crippen molar-refractivity contribution in [2.45, 2.75) is 75.0 Å². The molecular formula is C28H52N12. The van der Waals surface area contributed by atoms with Gasteiger partial charge in [0.25, 0.3) is 0 Å². The van der Waals surface area contributed by atoms with Gasteiger partial charge in [-0.1, -0.05) is 0 Å². The summed E-state index contributed by atoms with van der Waals surface area (Å²) in [6.45, 7) is 8.88. The van der Waals surface area contributed by atoms with Crippen molar-refractivity contribution in [3.63, 3.8) is 0 Å². The summed E-state index contributed by atoms with van der Waals surface area (Å²) in [4.78, 5) is 0. The third-order valence-electron chi connectivity index (χ3n) is 12.6. The molecule has 0 aromatic heterocycles. The summed E-state index contributed by atoms with van der Waals surface area (Å²) >= 11 is 0. The first kappa shape index (κ1) is 26.0. The SMILES string of the molecule is C1CC2C3NC4NC(NC5NC(NC6NC(NC(N3)C2CN1)C1CCNCC61)C1CCNCC51)C1CNCCC41. The molecule has 12 nitrogen and oxygen atoms in total. The Balaban J connectivity index is 1.05. The van der Waals surface area contributed by atoms with Gasteiger partial charge in [0.2, 0.25) is 0 Å². The predicted octanol–water partition coefficient (Wildman–Crippen LogP) is -3.72. The third-order valence-corrected chi connectivity index (χ3v) is 12.6. The monoisotopic (exact) mass is 556 g/mol. The zero-order valence-electron chi connectivity index (χ0n) is 23.7. The first-order valence-corrected chi connectivity index (χ1v) is 16.7. The highest BCUT2D eigenvalue weighted by atomic mass is 15.4. The fourth-order valence-electron chi connectivity index (χ4n) is 10.6. The molecule has 0 aliphatic carbocycles. The van der Waals surface area contributed by atoms with Crippen LogP contribution in [-0.2, 0) is 0 Å². The van der Waals surface area contributed by atoms with E-state index in [0.717, 1.165) is 52.4 Å². The first-order valence-electron chi connectivity index (χ1n) is 16.7. The Morgan fingerprint density at radius 1 is 0.250 bits per heavy atom. The summed E-state index contributed by atoms with van der Waals surface area (Å²) in [5, 5.41) is 48.0. The van der Waals surface area contributed by atoms with E-state index in [9.17, 15) is 0 Å². The van der Waals surface area contributed by atoms with Gasteiger partial charge < -0.3 is 21.3 Å². The molecule has 0 amide bonds. The maximum Gasteiger partial charge on any atom is 0.0640 e. The molecule has 9 saturated heterocycles. The van der Waals surface area contributed by atoms with Gasteiger partial charge in [-0.3, -0.25) is 42.5 Å². The van der Waals surface area contributed by atoms with E-state index in [0.29, 0.717) is 96.7 Å². The van der Waals surface area contributed by atoms with Crippen molar-refractivity contribution in [1.29, 1.82) is 0 Å². The summed E-state index contributed by atoms with van der Waals surface area (Å²) in [6, 6.07) is 0. The van der Waals surface area contributed by atoms with Crippen LogP contribution >= 0.6 is 0 Å². The molecule has 16 unspecified atom stereocenters. The van der Waals surface area contributed by atoms with Crippen LogP contribution in [0.4, 0.5) is 0 Å². The lowest BCUT2D eigenvalue weighted by Crippen LogP contribution is -2.62. The molecule has 8 bridgehead atoms. The minimum Gasteiger partial charge on any atom is -0.316 e. The first-order chi connectivity index (χ1) is 19.8. The minimum atomic E-state index is 0.306. The van der Waals surface area contributed by atoms with Crippen LogP contribution in [0.3, 0.4) is 0 Å². The van der Waals surface area contributed by atoms with Gasteiger partial charge in [-0.2, -0.15) is 0 Å². The lowest BCUT2D eigenvalue weighted by Gasteiger charge is -2.35. The summed E-state index contributed by atoms with van der Waals surface area (Å²) in [7, 11) is 0. The maximum atomic E-state index is 4.18. The molecule has 0 radical (unpaired) electrons. The van der Waals surface area contributed by atoms with Gasteiger partial charge in [0.1, 0.15) is 0 Å². The van der Waals surface area contributed by atoms with Gasteiger partial charge in [-0.15, -0.1) is 0 Å². The highest BCUT2D eigenvalue weighted by molar-refractivity contribution is 5.09. The second-order valence-corrected chi connectivity index (χ2v) is 14.4. The zero-order chi connectivity index (χ0) is 26.2. The molecule has 0 saturated carbocycles. The Morgan fingerprint density at radius 2 is 0.450 bits per heavy atom. The fourth-order valence-corrected chi connectivity index (χ4v) is 10.6. The normalized spacial score (nSPS) is 57.6. The summed E-state index contributed by atoms with van der Waals surface area (Å²) < 4.78 is 0. The van der Waals surface area contributed by atoms with Crippen LogP contribution in [0.1, 0.15) is 25.7 Å². The fraction of sp³-hybridized carbons (Fsp3) is 1.00. The molecule has 9 aliphatic heterocycles. The van der Waals surface area contributed by atoms with E-state index in [4.69, 9.17) is 0 Å². The van der Waals surface area contributed by atoms with Crippen molar-refractivity contribution < 1.29 is 0 Å². The van der Waals surface area contributed by atoms with Crippen molar-refractivity contribution in [1.82, 2.24) is 63.8 Å². The molecule has 12 N–H and O–H groups in total. The van der Waals surface area contributed by atoms with Crippen LogP contribution < -0.4 is 63.8 Å². The van der Waals surface area contributed by atoms with Crippen LogP contribution in [0.15, 0.2) is 0 Å². The molecule has 12 heteroatoms. The number of fused-ring (bicyclic) bond motifs is 20. The van der Waals surface area contributed by atoms with Crippen molar-refractivity contribution in [2.24, 2.45) is 47.3 Å². The molecule has 9 fully saturated rings. The average molecular weight is 557 g/mol. The van der Waals surface area contributed by atoms with E-state index in [2.05, 4.69) is 63.8 Å². The standard InChI is InChI=1S/C28H52N12/c1-5-29-9-17-13(1)21-33-22-14-2-6-31-11-19(14)27(35-22)40-28-20-12-32-8-4-16(20)24(39-28)38-26-18-10-30-7-3-15(18)23(37-26)36-25(17)34-21/h13-40H,1-12H2. The largest absolute Gasteiger partial charge is 0.316 e. The van der Waals surface area contributed by atoms with Crippen LogP contribution in [-0.4, -0.2) is 102 Å². The van der Waals surface area contributed by atoms with Gasteiger partial charge in [-0.25, -0.2) is 0 Å². The Morgan fingerprint density at radius 3 is 0.675 bits per heavy atom. The number of nitrogens with one attached hydrogen (secondary N) is 12. The van der Waals surface area contributed by atoms with E-state index in [1.165, 1.54) is 25.7 Å². The predicted molar refractivity (Wildman–Crippen MR) is 153 cm³/mol. The highest BCUT2D eigenvalue weighted by Crippen LogP contribution is 2.39. The lowest BCUT2D eigenvalue weighted by atomic mass is 9.83. The van der Waals surface area contributed by atoms with Crippen LogP contribution in [0.25, 0.3) is 0 Å². The zero-order valence-corrected chi connectivity index (χ0v) is 23.7. The minimum absolute atomic E-state index is 0.306. The highest BCUT2D eigenvalue weighted by Gasteiger charge is 2.54. The second-order valence-electron chi connectivity index (χ2n) is 14.4. The van der Waals surface area contributed by atoms with Gasteiger partial charge in [0.15, 0.2) is 0 Å². The van der Waals surface area contributed by atoms with E-state index < -0.39 is 0 Å². The van der Waals surface area contributed by atoms with Gasteiger partial charge in [-0.05, 0) is 75.5 Å². The van der Waals surface area contributed by atoms with Gasteiger partial charge in [0.05, 0.1) is 49.3 Å². The van der Waals surface area contributed by atoms with Crippen LogP contribution in [0, 0.1) is 47.3 Å². The Hall–Kier alpha value is -0.480. The van der Waals surface area contributed by atoms with E-state index in [-0.39, 0.29) is 0 Å². The Bertz CT molecular complexity index is 716. The summed E-state index contributed by atoms with van der Waals surface area (Å²) in [5.41, 5.74) is 0. The van der Waals surface area contributed by atoms with Crippen molar-refractivity contribution >= 4 is 0 Å². The Kier molecular flexibility index (Phi) is 6.88. The molecule has 9 rings (SSSR count). The van der Waals surface area contributed by atoms with E-state index >= 15 is 0 Å². The number of hydrogen-bond donors (Lipinski definition) is 12. The molecular weight excluding hydrogens is 504 g/mol. The molecule has 9 aliphatic rings. The molecule has 224 valence electrons. The maximum absolute atomic E-state index is 4.18. The molecule has 0 spiro atoms. The molecule has 0 aromatic carbocycles. The lowest BCUT2D eigenvalue weighted by molar-refractivity contribution is 0.182. The average Bonchev–Trinajstić information content (AvgIpc) is 3.73. The molecule has 9 heterocycles. The van der Waals surface area contributed by atoms with E-state index in [1.54, 1.807) is 0 Å². The number of hydrogen-bond acceptors (Lipinski definition) is 12. The second kappa shape index (κ2) is 10.6. The van der Waals surface area contributed by atoms with Crippen molar-refractivity contribution in [3.05, 3.63) is 0 Å². The van der Waals surface area contributed by atoms with Crippen LogP contribution in [0.5, 0.6) is 0 Å². The summed E-state index contributed by atoms with van der Waals surface area (Å²) in [5.74, 6) is 4.96. The Labute approximate surface area is 238 Å². The molecule has 0 aromatic rings. The smallest absolute Gasteiger partial charge is 0.0640 e. The quantitative estimate of drug-likeness (QED) is 0.143. The van der Waals surface area contributed by atoms with E-state index in [1.807, 2.05) is 0 Å². The van der Waals surface area contributed by atoms with Gasteiger partial charge >= 0.3 is 0 Å². The van der Waals surface area contributed by atoms with Crippen molar-refractivity contribution in [2.75, 3.05) is 52.4 Å². The van der Waals surface area contributed by atoms with Crippen molar-refractivity contribution in [3.8, 4) is 0 Å². The summed E-state index contributed by atoms with van der Waals surface area (Å²) in [6.07, 6.45) is 7.51.